The highest BCUT2D eigenvalue weighted by molar-refractivity contribution is 7.90. The molecule has 0 spiro atoms. The van der Waals surface area contributed by atoms with E-state index in [0.717, 1.165) is 0 Å². The molecule has 2 aromatic carbocycles. The Hall–Kier alpha value is -3.40. The van der Waals surface area contributed by atoms with E-state index < -0.39 is 16.1 Å². The van der Waals surface area contributed by atoms with E-state index in [1.165, 1.54) is 11.0 Å². The van der Waals surface area contributed by atoms with Crippen LogP contribution >= 0.6 is 0 Å². The normalized spacial score (nSPS) is 18.6. The Morgan fingerprint density at radius 1 is 1.28 bits per heavy atom. The van der Waals surface area contributed by atoms with Gasteiger partial charge in [0.15, 0.2) is 11.9 Å². The standard InChI is InChI=1S/C19H18N4O5S/c1-11-19(25)21-14-9-12(7-8-15(14)28-11)20-17(24)10-23(2)18-13-5-3-4-6-16(13)29(26,27)22-18/h3-9,11H,10H2,1-2H3,(H,20,24)(H,21,25)/t11-/m1/s1. The summed E-state index contributed by atoms with van der Waals surface area (Å²) in [5.74, 6) is 0.110. The van der Waals surface area contributed by atoms with Crippen LogP contribution in [0.4, 0.5) is 11.4 Å². The van der Waals surface area contributed by atoms with E-state index in [-0.39, 0.29) is 29.1 Å². The van der Waals surface area contributed by atoms with Crippen molar-refractivity contribution in [3.63, 3.8) is 0 Å². The van der Waals surface area contributed by atoms with Crippen LogP contribution in [0.3, 0.4) is 0 Å². The quantitative estimate of drug-likeness (QED) is 0.785. The van der Waals surface area contributed by atoms with Crippen molar-refractivity contribution >= 4 is 39.0 Å². The molecule has 0 aromatic heterocycles. The second-order valence-electron chi connectivity index (χ2n) is 6.75. The van der Waals surface area contributed by atoms with Crippen molar-refractivity contribution in [2.45, 2.75) is 17.9 Å². The number of sulfonamides is 1. The van der Waals surface area contributed by atoms with Crippen molar-refractivity contribution in [3.8, 4) is 5.75 Å². The summed E-state index contributed by atoms with van der Waals surface area (Å²) in [6.07, 6.45) is -0.581. The first-order valence-electron chi connectivity index (χ1n) is 8.81. The zero-order valence-electron chi connectivity index (χ0n) is 15.7. The molecule has 1 atom stereocenters. The van der Waals surface area contributed by atoms with Gasteiger partial charge in [-0.1, -0.05) is 12.1 Å². The molecule has 0 bridgehead atoms. The fraction of sp³-hybridized carbons (Fsp3) is 0.211. The van der Waals surface area contributed by atoms with E-state index in [1.54, 1.807) is 50.4 Å². The summed E-state index contributed by atoms with van der Waals surface area (Å²) >= 11 is 0. The van der Waals surface area contributed by atoms with E-state index in [0.29, 0.717) is 22.7 Å². The van der Waals surface area contributed by atoms with Gasteiger partial charge in [-0.2, -0.15) is 8.42 Å². The minimum atomic E-state index is -3.75. The summed E-state index contributed by atoms with van der Waals surface area (Å²) in [6.45, 7) is 1.54. The number of hydrogen-bond donors (Lipinski definition) is 2. The lowest BCUT2D eigenvalue weighted by molar-refractivity contribution is -0.122. The number of likely N-dealkylation sites (N-methyl/N-ethyl adjacent to an activating group) is 1. The number of fused-ring (bicyclic) bond motifs is 2. The van der Waals surface area contributed by atoms with Gasteiger partial charge in [0.1, 0.15) is 10.6 Å². The van der Waals surface area contributed by atoms with Crippen molar-refractivity contribution in [1.82, 2.24) is 4.90 Å². The van der Waals surface area contributed by atoms with Crippen molar-refractivity contribution in [1.29, 1.82) is 0 Å². The van der Waals surface area contributed by atoms with Crippen LogP contribution in [-0.2, 0) is 19.6 Å². The van der Waals surface area contributed by atoms with Crippen LogP contribution in [0, 0.1) is 0 Å². The molecule has 10 heteroatoms. The topological polar surface area (TPSA) is 117 Å². The molecule has 2 aromatic rings. The second kappa shape index (κ2) is 6.89. The molecule has 0 aliphatic carbocycles. The lowest BCUT2D eigenvalue weighted by Gasteiger charge is -2.24. The Morgan fingerprint density at radius 3 is 2.83 bits per heavy atom. The first kappa shape index (κ1) is 18.9. The Morgan fingerprint density at radius 2 is 2.03 bits per heavy atom. The van der Waals surface area contributed by atoms with Gasteiger partial charge < -0.3 is 20.3 Å². The molecule has 0 fully saturated rings. The fourth-order valence-corrected chi connectivity index (χ4v) is 4.39. The number of hydrogen-bond acceptors (Lipinski definition) is 6. The van der Waals surface area contributed by atoms with Crippen LogP contribution < -0.4 is 15.4 Å². The highest BCUT2D eigenvalue weighted by Gasteiger charge is 2.31. The van der Waals surface area contributed by atoms with Crippen LogP contribution in [-0.4, -0.2) is 50.7 Å². The zero-order chi connectivity index (χ0) is 20.8. The molecular weight excluding hydrogens is 396 g/mol. The third-order valence-electron chi connectivity index (χ3n) is 4.55. The summed E-state index contributed by atoms with van der Waals surface area (Å²) in [4.78, 5) is 25.8. The van der Waals surface area contributed by atoms with E-state index in [1.807, 2.05) is 0 Å². The predicted molar refractivity (Wildman–Crippen MR) is 107 cm³/mol. The molecule has 2 amide bonds. The van der Waals surface area contributed by atoms with Crippen molar-refractivity contribution in [3.05, 3.63) is 48.0 Å². The van der Waals surface area contributed by atoms with Crippen molar-refractivity contribution in [2.75, 3.05) is 24.2 Å². The zero-order valence-corrected chi connectivity index (χ0v) is 16.5. The van der Waals surface area contributed by atoms with Gasteiger partial charge in [0.2, 0.25) is 5.91 Å². The summed E-state index contributed by atoms with van der Waals surface area (Å²) < 4.78 is 33.6. The third-order valence-corrected chi connectivity index (χ3v) is 5.87. The number of nitrogens with zero attached hydrogens (tertiary/aromatic N) is 2. The molecule has 0 saturated carbocycles. The van der Waals surface area contributed by atoms with Gasteiger partial charge in [-0.05, 0) is 37.3 Å². The van der Waals surface area contributed by atoms with Crippen LogP contribution in [0.1, 0.15) is 12.5 Å². The predicted octanol–water partition coefficient (Wildman–Crippen LogP) is 1.43. The van der Waals surface area contributed by atoms with Crippen LogP contribution in [0.5, 0.6) is 5.75 Å². The molecule has 150 valence electrons. The summed E-state index contributed by atoms with van der Waals surface area (Å²) in [6, 6.07) is 11.4. The highest BCUT2D eigenvalue weighted by Crippen LogP contribution is 2.32. The van der Waals surface area contributed by atoms with E-state index in [9.17, 15) is 18.0 Å². The summed E-state index contributed by atoms with van der Waals surface area (Å²) in [5, 5.41) is 5.44. The molecule has 0 radical (unpaired) electrons. The minimum Gasteiger partial charge on any atom is -0.479 e. The van der Waals surface area contributed by atoms with Gasteiger partial charge in [0.25, 0.3) is 15.9 Å². The van der Waals surface area contributed by atoms with Gasteiger partial charge in [-0.15, -0.1) is 4.40 Å². The number of nitrogens with one attached hydrogen (secondary N) is 2. The number of amides is 2. The first-order valence-corrected chi connectivity index (χ1v) is 10.3. The van der Waals surface area contributed by atoms with Gasteiger partial charge in [0.05, 0.1) is 12.2 Å². The lowest BCUT2D eigenvalue weighted by atomic mass is 10.2. The third kappa shape index (κ3) is 3.54. The number of rotatable bonds is 3. The molecule has 2 N–H and O–H groups in total. The SMILES string of the molecule is C[C@H]1Oc2ccc(NC(=O)CN(C)C3=NS(=O)(=O)c4ccccc43)cc2NC1=O. The molecule has 0 unspecified atom stereocenters. The number of benzene rings is 2. The average Bonchev–Trinajstić information content (AvgIpc) is 2.94. The molecule has 9 nitrogen and oxygen atoms in total. The van der Waals surface area contributed by atoms with Gasteiger partial charge >= 0.3 is 0 Å². The largest absolute Gasteiger partial charge is 0.479 e. The second-order valence-corrected chi connectivity index (χ2v) is 8.32. The maximum Gasteiger partial charge on any atom is 0.285 e. The van der Waals surface area contributed by atoms with Crippen molar-refractivity contribution in [2.24, 2.45) is 4.40 Å². The summed E-state index contributed by atoms with van der Waals surface area (Å²) in [5.41, 5.74) is 1.41. The Kier molecular flexibility index (Phi) is 4.50. The number of ether oxygens (including phenoxy) is 1. The first-order chi connectivity index (χ1) is 13.7. The van der Waals surface area contributed by atoms with Gasteiger partial charge in [-0.25, -0.2) is 0 Å². The monoisotopic (exact) mass is 414 g/mol. The maximum absolute atomic E-state index is 12.5. The minimum absolute atomic E-state index is 0.111. The van der Waals surface area contributed by atoms with Crippen LogP contribution in [0.15, 0.2) is 51.8 Å². The van der Waals surface area contributed by atoms with Gasteiger partial charge in [0, 0.05) is 18.3 Å². The van der Waals surface area contributed by atoms with Crippen LogP contribution in [0.25, 0.3) is 0 Å². The Balaban J connectivity index is 1.47. The molecule has 4 rings (SSSR count). The lowest BCUT2D eigenvalue weighted by Crippen LogP contribution is -2.35. The van der Waals surface area contributed by atoms with Gasteiger partial charge in [-0.3, -0.25) is 9.59 Å². The fourth-order valence-electron chi connectivity index (χ4n) is 3.14. The molecule has 2 heterocycles. The molecule has 0 saturated heterocycles. The maximum atomic E-state index is 12.5. The molecule has 2 aliphatic rings. The number of anilines is 2. The number of amidine groups is 1. The highest BCUT2D eigenvalue weighted by atomic mass is 32.2. The molecular formula is C19H18N4O5S. The smallest absolute Gasteiger partial charge is 0.285 e. The molecule has 2 aliphatic heterocycles. The van der Waals surface area contributed by atoms with Crippen molar-refractivity contribution < 1.29 is 22.7 Å². The van der Waals surface area contributed by atoms with E-state index in [4.69, 9.17) is 4.74 Å². The average molecular weight is 414 g/mol. The summed E-state index contributed by atoms with van der Waals surface area (Å²) in [7, 11) is -2.16. The Labute approximate surface area is 167 Å². The molecule has 29 heavy (non-hydrogen) atoms. The number of carbonyl (C=O) groups excluding carboxylic acids is 2. The van der Waals surface area contributed by atoms with E-state index in [2.05, 4.69) is 15.0 Å². The van der Waals surface area contributed by atoms with E-state index >= 15 is 0 Å². The number of carbonyl (C=O) groups is 2. The Bertz CT molecular complexity index is 1160. The van der Waals surface area contributed by atoms with Crippen LogP contribution in [0.2, 0.25) is 0 Å².